The van der Waals surface area contributed by atoms with Crippen molar-refractivity contribution in [1.82, 2.24) is 19.8 Å². The minimum Gasteiger partial charge on any atom is -0.494 e. The third-order valence-corrected chi connectivity index (χ3v) is 5.12. The van der Waals surface area contributed by atoms with Gasteiger partial charge in [-0.25, -0.2) is 0 Å². The third-order valence-electron chi connectivity index (χ3n) is 4.94. The number of benzene rings is 1. The Labute approximate surface area is 174 Å². The van der Waals surface area contributed by atoms with Crippen LogP contribution in [0.5, 0.6) is 5.75 Å². The first-order valence-corrected chi connectivity index (χ1v) is 10.2. The fraction of sp³-hybridized carbons (Fsp3) is 0.381. The van der Waals surface area contributed by atoms with Gasteiger partial charge in [-0.15, -0.1) is 0 Å². The van der Waals surface area contributed by atoms with Crippen LogP contribution in [0.1, 0.15) is 31.2 Å². The van der Waals surface area contributed by atoms with Crippen LogP contribution in [0.25, 0.3) is 11.3 Å². The number of aryl methyl sites for hydroxylation is 2. The summed E-state index contributed by atoms with van der Waals surface area (Å²) in [5, 5.41) is 8.70. The SMILES string of the molecule is CCOc1ccc(-c2cc3n(n2)CCCN(C(=O)CCc2cc(Cl)no2)C3)cc1. The Morgan fingerprint density at radius 2 is 2.07 bits per heavy atom. The van der Waals surface area contributed by atoms with E-state index in [0.29, 0.717) is 36.9 Å². The number of ether oxygens (including phenoxy) is 1. The molecule has 0 N–H and O–H groups in total. The van der Waals surface area contributed by atoms with E-state index in [-0.39, 0.29) is 5.91 Å². The summed E-state index contributed by atoms with van der Waals surface area (Å²) in [6.07, 6.45) is 1.73. The van der Waals surface area contributed by atoms with Crippen LogP contribution in [0.2, 0.25) is 5.15 Å². The molecule has 152 valence electrons. The van der Waals surface area contributed by atoms with Crippen molar-refractivity contribution < 1.29 is 14.1 Å². The molecule has 0 atom stereocenters. The minimum absolute atomic E-state index is 0.0924. The summed E-state index contributed by atoms with van der Waals surface area (Å²) in [5.41, 5.74) is 2.99. The van der Waals surface area contributed by atoms with Crippen molar-refractivity contribution >= 4 is 17.5 Å². The van der Waals surface area contributed by atoms with E-state index in [0.717, 1.165) is 42.2 Å². The van der Waals surface area contributed by atoms with Crippen molar-refractivity contribution in [2.45, 2.75) is 39.3 Å². The second kappa shape index (κ2) is 8.69. The Kier molecular flexibility index (Phi) is 5.85. The molecule has 0 saturated heterocycles. The van der Waals surface area contributed by atoms with Gasteiger partial charge < -0.3 is 14.2 Å². The molecule has 0 fully saturated rings. The highest BCUT2D eigenvalue weighted by atomic mass is 35.5. The Balaban J connectivity index is 1.43. The van der Waals surface area contributed by atoms with E-state index in [1.54, 1.807) is 6.07 Å². The molecule has 0 radical (unpaired) electrons. The van der Waals surface area contributed by atoms with E-state index in [2.05, 4.69) is 11.2 Å². The number of amides is 1. The Morgan fingerprint density at radius 1 is 1.24 bits per heavy atom. The number of halogens is 1. The van der Waals surface area contributed by atoms with E-state index in [9.17, 15) is 4.79 Å². The van der Waals surface area contributed by atoms with Crippen molar-refractivity contribution in [3.8, 4) is 17.0 Å². The lowest BCUT2D eigenvalue weighted by molar-refractivity contribution is -0.131. The molecular weight excluding hydrogens is 392 g/mol. The smallest absolute Gasteiger partial charge is 0.223 e. The van der Waals surface area contributed by atoms with E-state index in [1.807, 2.05) is 40.8 Å². The average molecular weight is 415 g/mol. The van der Waals surface area contributed by atoms with Crippen LogP contribution in [-0.2, 0) is 24.3 Å². The predicted molar refractivity (Wildman–Crippen MR) is 109 cm³/mol. The van der Waals surface area contributed by atoms with E-state index in [1.165, 1.54) is 0 Å². The summed E-state index contributed by atoms with van der Waals surface area (Å²) in [6, 6.07) is 11.6. The van der Waals surface area contributed by atoms with Crippen LogP contribution >= 0.6 is 11.6 Å². The van der Waals surface area contributed by atoms with E-state index in [4.69, 9.17) is 26.0 Å². The molecule has 2 aromatic heterocycles. The highest BCUT2D eigenvalue weighted by Crippen LogP contribution is 2.24. The molecule has 8 heteroatoms. The maximum atomic E-state index is 12.7. The van der Waals surface area contributed by atoms with Crippen molar-refractivity contribution in [2.24, 2.45) is 0 Å². The third kappa shape index (κ3) is 4.62. The lowest BCUT2D eigenvalue weighted by atomic mass is 10.1. The maximum absolute atomic E-state index is 12.7. The van der Waals surface area contributed by atoms with Crippen molar-refractivity contribution in [3.05, 3.63) is 53.0 Å². The minimum atomic E-state index is 0.0924. The van der Waals surface area contributed by atoms with Gasteiger partial charge in [-0.1, -0.05) is 16.8 Å². The molecule has 1 aliphatic heterocycles. The molecule has 1 aromatic carbocycles. The van der Waals surface area contributed by atoms with Crippen LogP contribution < -0.4 is 4.74 Å². The molecule has 0 spiro atoms. The van der Waals surface area contributed by atoms with E-state index >= 15 is 0 Å². The van der Waals surface area contributed by atoms with Crippen LogP contribution in [0.15, 0.2) is 40.9 Å². The zero-order valence-corrected chi connectivity index (χ0v) is 17.1. The molecule has 4 rings (SSSR count). The molecule has 0 aliphatic carbocycles. The number of rotatable bonds is 6. The average Bonchev–Trinajstić information content (AvgIpc) is 3.27. The second-order valence-corrected chi connectivity index (χ2v) is 7.37. The molecule has 29 heavy (non-hydrogen) atoms. The van der Waals surface area contributed by atoms with Crippen LogP contribution in [0.4, 0.5) is 0 Å². The van der Waals surface area contributed by atoms with Gasteiger partial charge in [0, 0.05) is 37.6 Å². The summed E-state index contributed by atoms with van der Waals surface area (Å²) >= 11 is 5.76. The fourth-order valence-corrected chi connectivity index (χ4v) is 3.65. The molecule has 0 unspecified atom stereocenters. The first-order valence-electron chi connectivity index (χ1n) is 9.81. The first-order chi connectivity index (χ1) is 14.1. The second-order valence-electron chi connectivity index (χ2n) is 6.99. The van der Waals surface area contributed by atoms with Gasteiger partial charge in [0.15, 0.2) is 5.15 Å². The number of nitrogens with zero attached hydrogens (tertiary/aromatic N) is 4. The number of carbonyl (C=O) groups is 1. The Morgan fingerprint density at radius 3 is 2.79 bits per heavy atom. The predicted octanol–water partition coefficient (Wildman–Crippen LogP) is 3.96. The van der Waals surface area contributed by atoms with Gasteiger partial charge in [0.05, 0.1) is 24.5 Å². The molecule has 0 saturated carbocycles. The number of aromatic nitrogens is 3. The van der Waals surface area contributed by atoms with Crippen molar-refractivity contribution in [1.29, 1.82) is 0 Å². The summed E-state index contributed by atoms with van der Waals surface area (Å²) < 4.78 is 12.6. The zero-order chi connectivity index (χ0) is 20.2. The molecular formula is C21H23ClN4O3. The number of hydrogen-bond donors (Lipinski definition) is 0. The number of fused-ring (bicyclic) bond motifs is 1. The van der Waals surface area contributed by atoms with Gasteiger partial charge in [-0.05, 0) is 43.7 Å². The van der Waals surface area contributed by atoms with Gasteiger partial charge in [0.2, 0.25) is 5.91 Å². The van der Waals surface area contributed by atoms with E-state index < -0.39 is 0 Å². The van der Waals surface area contributed by atoms with Crippen LogP contribution in [0.3, 0.4) is 0 Å². The quantitative estimate of drug-likeness (QED) is 0.610. The summed E-state index contributed by atoms with van der Waals surface area (Å²) in [7, 11) is 0. The topological polar surface area (TPSA) is 73.4 Å². The number of hydrogen-bond acceptors (Lipinski definition) is 5. The van der Waals surface area contributed by atoms with Gasteiger partial charge in [-0.3, -0.25) is 9.48 Å². The fourth-order valence-electron chi connectivity index (χ4n) is 3.50. The molecule has 7 nitrogen and oxygen atoms in total. The standard InChI is InChI=1S/C21H23ClN4O3/c1-2-28-17-6-4-15(5-7-17)19-12-16-14-25(10-3-11-26(16)23-19)21(27)9-8-18-13-20(22)24-29-18/h4-7,12-13H,2-3,8-11,14H2,1H3. The first kappa shape index (κ1) is 19.5. The molecule has 3 heterocycles. The number of carbonyl (C=O) groups excluding carboxylic acids is 1. The Bertz CT molecular complexity index is 980. The van der Waals surface area contributed by atoms with Gasteiger partial charge in [0.25, 0.3) is 0 Å². The maximum Gasteiger partial charge on any atom is 0.223 e. The van der Waals surface area contributed by atoms with Crippen LogP contribution in [-0.4, -0.2) is 38.9 Å². The lowest BCUT2D eigenvalue weighted by Gasteiger charge is -2.19. The summed E-state index contributed by atoms with van der Waals surface area (Å²) in [6.45, 7) is 4.69. The van der Waals surface area contributed by atoms with Crippen molar-refractivity contribution in [2.75, 3.05) is 13.2 Å². The highest BCUT2D eigenvalue weighted by Gasteiger charge is 2.21. The van der Waals surface area contributed by atoms with Gasteiger partial charge in [-0.2, -0.15) is 5.10 Å². The van der Waals surface area contributed by atoms with Crippen LogP contribution in [0, 0.1) is 0 Å². The van der Waals surface area contributed by atoms with Gasteiger partial charge in [0.1, 0.15) is 11.5 Å². The lowest BCUT2D eigenvalue weighted by Crippen LogP contribution is -2.30. The molecule has 1 amide bonds. The molecule has 0 bridgehead atoms. The van der Waals surface area contributed by atoms with Gasteiger partial charge >= 0.3 is 0 Å². The monoisotopic (exact) mass is 414 g/mol. The highest BCUT2D eigenvalue weighted by molar-refractivity contribution is 6.29. The van der Waals surface area contributed by atoms with Crippen molar-refractivity contribution in [3.63, 3.8) is 0 Å². The zero-order valence-electron chi connectivity index (χ0n) is 16.3. The normalized spacial score (nSPS) is 13.8. The largest absolute Gasteiger partial charge is 0.494 e. The summed E-state index contributed by atoms with van der Waals surface area (Å²) in [4.78, 5) is 14.6. The summed E-state index contributed by atoms with van der Waals surface area (Å²) in [5.74, 6) is 1.57. The Hall–Kier alpha value is -2.80. The molecule has 3 aromatic rings. The molecule has 1 aliphatic rings.